The highest BCUT2D eigenvalue weighted by atomic mass is 16.5. The molecule has 0 aliphatic carbocycles. The SMILES string of the molecule is CCCCCNC(=O)c1cncc(Nc2ccccc2OC(C)C)c1. The van der Waals surface area contributed by atoms with E-state index < -0.39 is 0 Å². The summed E-state index contributed by atoms with van der Waals surface area (Å²) in [7, 11) is 0. The third-order valence-corrected chi connectivity index (χ3v) is 3.60. The standard InChI is InChI=1S/C20H27N3O2/c1-4-5-8-11-22-20(24)16-12-17(14-21-13-16)23-18-9-6-7-10-19(18)25-15(2)3/h6-7,9-10,12-15,23H,4-5,8,11H2,1-3H3,(H,22,24). The van der Waals surface area contributed by atoms with Crippen molar-refractivity contribution in [3.63, 3.8) is 0 Å². The molecule has 5 heteroatoms. The quantitative estimate of drug-likeness (QED) is 0.658. The van der Waals surface area contributed by atoms with E-state index in [4.69, 9.17) is 4.74 Å². The van der Waals surface area contributed by atoms with E-state index in [0.717, 1.165) is 36.4 Å². The second-order valence-electron chi connectivity index (χ2n) is 6.21. The van der Waals surface area contributed by atoms with Crippen LogP contribution in [-0.2, 0) is 0 Å². The van der Waals surface area contributed by atoms with Crippen molar-refractivity contribution in [1.82, 2.24) is 10.3 Å². The van der Waals surface area contributed by atoms with Crippen molar-refractivity contribution in [2.45, 2.75) is 46.1 Å². The number of aromatic nitrogens is 1. The van der Waals surface area contributed by atoms with Gasteiger partial charge in [0, 0.05) is 12.7 Å². The maximum absolute atomic E-state index is 12.2. The number of para-hydroxylation sites is 2. The summed E-state index contributed by atoms with van der Waals surface area (Å²) < 4.78 is 5.81. The average molecular weight is 341 g/mol. The molecule has 0 saturated heterocycles. The molecular weight excluding hydrogens is 314 g/mol. The maximum atomic E-state index is 12.2. The van der Waals surface area contributed by atoms with Gasteiger partial charge in [0.2, 0.25) is 0 Å². The van der Waals surface area contributed by atoms with E-state index in [1.54, 1.807) is 18.5 Å². The van der Waals surface area contributed by atoms with Gasteiger partial charge in [-0.2, -0.15) is 0 Å². The van der Waals surface area contributed by atoms with Crippen LogP contribution in [0.3, 0.4) is 0 Å². The van der Waals surface area contributed by atoms with E-state index in [1.807, 2.05) is 38.1 Å². The van der Waals surface area contributed by atoms with Gasteiger partial charge in [-0.3, -0.25) is 9.78 Å². The van der Waals surface area contributed by atoms with Gasteiger partial charge in [0.25, 0.3) is 5.91 Å². The van der Waals surface area contributed by atoms with Gasteiger partial charge in [-0.05, 0) is 38.5 Å². The molecule has 2 N–H and O–H groups in total. The van der Waals surface area contributed by atoms with Gasteiger partial charge in [-0.25, -0.2) is 0 Å². The highest BCUT2D eigenvalue weighted by Crippen LogP contribution is 2.28. The van der Waals surface area contributed by atoms with Crippen molar-refractivity contribution in [2.75, 3.05) is 11.9 Å². The number of anilines is 2. The third kappa shape index (κ3) is 6.10. The molecule has 2 aromatic rings. The van der Waals surface area contributed by atoms with Gasteiger partial charge < -0.3 is 15.4 Å². The predicted molar refractivity (Wildman–Crippen MR) is 102 cm³/mol. The molecule has 0 aliphatic heterocycles. The minimum Gasteiger partial charge on any atom is -0.489 e. The summed E-state index contributed by atoms with van der Waals surface area (Å²) in [6.45, 7) is 6.81. The highest BCUT2D eigenvalue weighted by molar-refractivity contribution is 5.94. The van der Waals surface area contributed by atoms with Crippen LogP contribution < -0.4 is 15.4 Å². The van der Waals surface area contributed by atoms with Crippen LogP contribution in [0, 0.1) is 0 Å². The number of unbranched alkanes of at least 4 members (excludes halogenated alkanes) is 2. The number of nitrogens with zero attached hydrogens (tertiary/aromatic N) is 1. The molecule has 1 amide bonds. The van der Waals surface area contributed by atoms with Gasteiger partial charge in [-0.1, -0.05) is 31.9 Å². The molecule has 1 aromatic carbocycles. The lowest BCUT2D eigenvalue weighted by atomic mass is 10.2. The normalized spacial score (nSPS) is 10.6. The lowest BCUT2D eigenvalue weighted by Crippen LogP contribution is -2.24. The summed E-state index contributed by atoms with van der Waals surface area (Å²) >= 11 is 0. The Hall–Kier alpha value is -2.56. The topological polar surface area (TPSA) is 63.2 Å². The van der Waals surface area contributed by atoms with Crippen molar-refractivity contribution >= 4 is 17.3 Å². The molecule has 2 rings (SSSR count). The first kappa shape index (κ1) is 18.8. The van der Waals surface area contributed by atoms with Crippen molar-refractivity contribution < 1.29 is 9.53 Å². The molecule has 25 heavy (non-hydrogen) atoms. The van der Waals surface area contributed by atoms with Gasteiger partial charge in [0.1, 0.15) is 5.75 Å². The Labute approximate surface area is 149 Å². The van der Waals surface area contributed by atoms with E-state index in [1.165, 1.54) is 0 Å². The Morgan fingerprint density at radius 1 is 1.20 bits per heavy atom. The van der Waals surface area contributed by atoms with Crippen LogP contribution in [0.15, 0.2) is 42.7 Å². The number of pyridine rings is 1. The number of ether oxygens (including phenoxy) is 1. The average Bonchev–Trinajstić information content (AvgIpc) is 2.60. The molecule has 0 unspecified atom stereocenters. The fourth-order valence-electron chi connectivity index (χ4n) is 2.39. The molecule has 1 heterocycles. The second-order valence-corrected chi connectivity index (χ2v) is 6.21. The molecule has 5 nitrogen and oxygen atoms in total. The number of carbonyl (C=O) groups excluding carboxylic acids is 1. The number of hydrogen-bond donors (Lipinski definition) is 2. The van der Waals surface area contributed by atoms with Crippen LogP contribution in [-0.4, -0.2) is 23.5 Å². The second kappa shape index (κ2) is 9.67. The summed E-state index contributed by atoms with van der Waals surface area (Å²) in [6.07, 6.45) is 6.60. The largest absolute Gasteiger partial charge is 0.489 e. The van der Waals surface area contributed by atoms with Gasteiger partial charge in [0.15, 0.2) is 0 Å². The Bertz CT molecular complexity index is 686. The zero-order valence-electron chi connectivity index (χ0n) is 15.2. The van der Waals surface area contributed by atoms with E-state index >= 15 is 0 Å². The zero-order chi connectivity index (χ0) is 18.1. The first-order chi connectivity index (χ1) is 12.1. The number of amides is 1. The molecule has 0 saturated carbocycles. The Morgan fingerprint density at radius 2 is 2.00 bits per heavy atom. The van der Waals surface area contributed by atoms with E-state index in [9.17, 15) is 4.79 Å². The minimum atomic E-state index is -0.0982. The molecule has 0 atom stereocenters. The Kier molecular flexibility index (Phi) is 7.26. The molecule has 134 valence electrons. The van der Waals surface area contributed by atoms with Crippen LogP contribution in [0.4, 0.5) is 11.4 Å². The monoisotopic (exact) mass is 341 g/mol. The summed E-state index contributed by atoms with van der Waals surface area (Å²) in [5.74, 6) is 0.672. The van der Waals surface area contributed by atoms with Crippen LogP contribution in [0.2, 0.25) is 0 Å². The summed E-state index contributed by atoms with van der Waals surface area (Å²) in [6, 6.07) is 9.53. The molecule has 0 fully saturated rings. The van der Waals surface area contributed by atoms with Crippen LogP contribution in [0.1, 0.15) is 50.4 Å². The number of nitrogens with one attached hydrogen (secondary N) is 2. The highest BCUT2D eigenvalue weighted by Gasteiger charge is 2.09. The van der Waals surface area contributed by atoms with Crippen LogP contribution in [0.25, 0.3) is 0 Å². The first-order valence-corrected chi connectivity index (χ1v) is 8.86. The number of benzene rings is 1. The first-order valence-electron chi connectivity index (χ1n) is 8.86. The van der Waals surface area contributed by atoms with E-state index in [2.05, 4.69) is 22.5 Å². The van der Waals surface area contributed by atoms with E-state index in [0.29, 0.717) is 12.1 Å². The smallest absolute Gasteiger partial charge is 0.252 e. The molecule has 0 spiro atoms. The summed E-state index contributed by atoms with van der Waals surface area (Å²) in [4.78, 5) is 16.4. The summed E-state index contributed by atoms with van der Waals surface area (Å²) in [5, 5.41) is 6.21. The summed E-state index contributed by atoms with van der Waals surface area (Å²) in [5.41, 5.74) is 2.14. The lowest BCUT2D eigenvalue weighted by molar-refractivity contribution is 0.0952. The number of carbonyl (C=O) groups is 1. The van der Waals surface area contributed by atoms with Crippen molar-refractivity contribution in [2.24, 2.45) is 0 Å². The predicted octanol–water partition coefficient (Wildman–Crippen LogP) is 4.53. The van der Waals surface area contributed by atoms with Gasteiger partial charge in [-0.15, -0.1) is 0 Å². The lowest BCUT2D eigenvalue weighted by Gasteiger charge is -2.15. The molecule has 0 bridgehead atoms. The third-order valence-electron chi connectivity index (χ3n) is 3.60. The van der Waals surface area contributed by atoms with Crippen LogP contribution >= 0.6 is 0 Å². The zero-order valence-corrected chi connectivity index (χ0v) is 15.2. The molecular formula is C20H27N3O2. The molecule has 0 aliphatic rings. The van der Waals surface area contributed by atoms with Gasteiger partial charge >= 0.3 is 0 Å². The van der Waals surface area contributed by atoms with Crippen molar-refractivity contribution in [3.05, 3.63) is 48.3 Å². The van der Waals surface area contributed by atoms with Crippen molar-refractivity contribution in [3.8, 4) is 5.75 Å². The number of hydrogen-bond acceptors (Lipinski definition) is 4. The molecule has 1 aromatic heterocycles. The molecule has 0 radical (unpaired) electrons. The van der Waals surface area contributed by atoms with Crippen molar-refractivity contribution in [1.29, 1.82) is 0 Å². The van der Waals surface area contributed by atoms with Crippen LogP contribution in [0.5, 0.6) is 5.75 Å². The fraction of sp³-hybridized carbons (Fsp3) is 0.400. The number of rotatable bonds is 9. The van der Waals surface area contributed by atoms with E-state index in [-0.39, 0.29) is 12.0 Å². The van der Waals surface area contributed by atoms with Gasteiger partial charge in [0.05, 0.1) is 29.2 Å². The maximum Gasteiger partial charge on any atom is 0.252 e. The fourth-order valence-corrected chi connectivity index (χ4v) is 2.39. The Morgan fingerprint density at radius 3 is 2.76 bits per heavy atom. The minimum absolute atomic E-state index is 0.0845. The Balaban J connectivity index is 2.05.